The minimum absolute atomic E-state index is 0.111. The third-order valence-electron chi connectivity index (χ3n) is 10.4. The van der Waals surface area contributed by atoms with E-state index in [1.165, 1.54) is 17.3 Å². The van der Waals surface area contributed by atoms with Crippen LogP contribution in [0.5, 0.6) is 5.88 Å². The second kappa shape index (κ2) is 7.58. The lowest BCUT2D eigenvalue weighted by Crippen LogP contribution is -2.58. The van der Waals surface area contributed by atoms with Gasteiger partial charge in [0.25, 0.3) is 0 Å². The van der Waals surface area contributed by atoms with Gasteiger partial charge in [-0.15, -0.1) is 0 Å². The summed E-state index contributed by atoms with van der Waals surface area (Å²) in [5.74, 6) is -0.253. The maximum atomic E-state index is 14.0. The van der Waals surface area contributed by atoms with Crippen LogP contribution in [0, 0.1) is 16.7 Å². The summed E-state index contributed by atoms with van der Waals surface area (Å²) in [7, 11) is -3.68. The average molecular weight is 514 g/mol. The number of aromatic hydroxyl groups is 1. The van der Waals surface area contributed by atoms with Gasteiger partial charge in [-0.1, -0.05) is 50.3 Å². The van der Waals surface area contributed by atoms with Crippen LogP contribution >= 0.6 is 0 Å². The van der Waals surface area contributed by atoms with Crippen LogP contribution in [0.15, 0.2) is 41.3 Å². The number of aromatic nitrogens is 2. The second-order valence-corrected chi connectivity index (χ2v) is 14.0. The van der Waals surface area contributed by atoms with Crippen molar-refractivity contribution >= 4 is 16.1 Å². The molecule has 1 aromatic carbocycles. The van der Waals surface area contributed by atoms with Crippen molar-refractivity contribution in [3.63, 3.8) is 0 Å². The van der Waals surface area contributed by atoms with E-state index in [9.17, 15) is 23.4 Å². The Morgan fingerprint density at radius 2 is 1.86 bits per heavy atom. The van der Waals surface area contributed by atoms with Gasteiger partial charge in [0.1, 0.15) is 0 Å². The number of aliphatic hydroxyl groups is 1. The van der Waals surface area contributed by atoms with Crippen LogP contribution in [0.4, 0.5) is 0 Å². The quantitative estimate of drug-likeness (QED) is 0.569. The first-order chi connectivity index (χ1) is 16.9. The molecule has 2 heterocycles. The predicted octanol–water partition coefficient (Wildman–Crippen LogP) is 2.83. The summed E-state index contributed by atoms with van der Waals surface area (Å²) < 4.78 is 30.7. The highest BCUT2D eigenvalue weighted by molar-refractivity contribution is 7.89. The molecule has 3 aliphatic carbocycles. The highest BCUT2D eigenvalue weighted by Gasteiger charge is 2.72. The number of benzene rings is 1. The van der Waals surface area contributed by atoms with Crippen molar-refractivity contribution in [2.24, 2.45) is 16.7 Å². The Labute approximate surface area is 211 Å². The number of allylic oxidation sites excluding steroid dienone is 1. The van der Waals surface area contributed by atoms with E-state index < -0.39 is 32.1 Å². The molecule has 1 aromatic heterocycles. The number of imidazole rings is 1. The Morgan fingerprint density at radius 1 is 1.14 bits per heavy atom. The first-order valence-corrected chi connectivity index (χ1v) is 14.5. The number of piperidine rings is 1. The summed E-state index contributed by atoms with van der Waals surface area (Å²) in [4.78, 5) is 14.7. The summed E-state index contributed by atoms with van der Waals surface area (Å²) in [6, 6.07) is 8.33. The van der Waals surface area contributed by atoms with Gasteiger partial charge in [-0.05, 0) is 54.6 Å². The molecule has 3 atom stereocenters. The SMILES string of the molecule is CC1(C)[C@@H]2CC[C@@]1(CS(=O)(=O)N1CCC3(C=Cc4ccccc43)CC1)[C@@](O)(Cn1c(O)c[nH]c1=O)C2. The standard InChI is InChI=1S/C27H35N3O5S/c1-24(2)20-8-10-26(24,27(33,15-20)17-30-22(31)16-28-23(30)32)18-36(34,35)29-13-11-25(12-14-29)9-7-19-5-3-4-6-21(19)25/h3-7,9,16,20,31,33H,8,10-15,17-18H2,1-2H3,(H,28,32)/t20-,26+,27+/m1/s1. The molecule has 3 fully saturated rings. The van der Waals surface area contributed by atoms with Gasteiger partial charge in [0.15, 0.2) is 0 Å². The molecule has 6 rings (SSSR count). The lowest BCUT2D eigenvalue weighted by Gasteiger charge is -2.49. The maximum absolute atomic E-state index is 14.0. The van der Waals surface area contributed by atoms with Gasteiger partial charge in [0.05, 0.1) is 24.1 Å². The highest BCUT2D eigenvalue weighted by Crippen LogP contribution is 2.70. The molecule has 194 valence electrons. The smallest absolute Gasteiger partial charge is 0.328 e. The molecule has 9 heteroatoms. The van der Waals surface area contributed by atoms with E-state index in [1.54, 1.807) is 4.31 Å². The zero-order valence-electron chi connectivity index (χ0n) is 20.9. The average Bonchev–Trinajstić information content (AvgIpc) is 3.47. The number of H-pyrrole nitrogens is 1. The topological polar surface area (TPSA) is 116 Å². The largest absolute Gasteiger partial charge is 0.493 e. The van der Waals surface area contributed by atoms with Crippen LogP contribution in [0.25, 0.3) is 6.08 Å². The zero-order valence-corrected chi connectivity index (χ0v) is 21.7. The van der Waals surface area contributed by atoms with Crippen LogP contribution in [0.1, 0.15) is 57.1 Å². The molecule has 2 bridgehead atoms. The minimum Gasteiger partial charge on any atom is -0.493 e. The fraction of sp³-hybridized carbons (Fsp3) is 0.593. The highest BCUT2D eigenvalue weighted by atomic mass is 32.2. The second-order valence-electron chi connectivity index (χ2n) is 12.0. The van der Waals surface area contributed by atoms with Crippen LogP contribution < -0.4 is 5.69 Å². The Hall–Kier alpha value is -2.36. The molecule has 4 aliphatic rings. The summed E-state index contributed by atoms with van der Waals surface area (Å²) in [6.45, 7) is 4.88. The molecule has 1 saturated heterocycles. The van der Waals surface area contributed by atoms with E-state index in [-0.39, 0.29) is 29.5 Å². The summed E-state index contributed by atoms with van der Waals surface area (Å²) in [5, 5.41) is 22.2. The van der Waals surface area contributed by atoms with Crippen molar-refractivity contribution in [1.82, 2.24) is 13.9 Å². The fourth-order valence-electron chi connectivity index (χ4n) is 8.13. The van der Waals surface area contributed by atoms with Gasteiger partial charge >= 0.3 is 5.69 Å². The number of hydrogen-bond donors (Lipinski definition) is 3. The van der Waals surface area contributed by atoms with Gasteiger partial charge in [0.2, 0.25) is 15.9 Å². The zero-order chi connectivity index (χ0) is 25.6. The molecule has 2 aromatic rings. The van der Waals surface area contributed by atoms with Gasteiger partial charge in [-0.25, -0.2) is 17.5 Å². The van der Waals surface area contributed by atoms with E-state index in [0.29, 0.717) is 25.9 Å². The number of nitrogens with zero attached hydrogens (tertiary/aromatic N) is 2. The van der Waals surface area contributed by atoms with Crippen LogP contribution in [0.2, 0.25) is 0 Å². The molecule has 2 saturated carbocycles. The molecule has 0 unspecified atom stereocenters. The minimum atomic E-state index is -3.68. The molecule has 1 spiro atoms. The number of sulfonamides is 1. The first-order valence-electron chi connectivity index (χ1n) is 12.9. The number of nitrogens with one attached hydrogen (secondary N) is 1. The molecule has 1 aliphatic heterocycles. The number of hydrogen-bond acceptors (Lipinski definition) is 5. The van der Waals surface area contributed by atoms with Crippen molar-refractivity contribution in [1.29, 1.82) is 0 Å². The lowest BCUT2D eigenvalue weighted by atomic mass is 9.64. The first kappa shape index (κ1) is 24.0. The summed E-state index contributed by atoms with van der Waals surface area (Å²) in [5.41, 5.74) is -0.880. The number of aromatic amines is 1. The molecular weight excluding hydrogens is 478 g/mol. The van der Waals surface area contributed by atoms with Crippen molar-refractivity contribution in [3.8, 4) is 5.88 Å². The van der Waals surface area contributed by atoms with E-state index >= 15 is 0 Å². The summed E-state index contributed by atoms with van der Waals surface area (Å²) >= 11 is 0. The van der Waals surface area contributed by atoms with Crippen LogP contribution in [-0.2, 0) is 22.0 Å². The van der Waals surface area contributed by atoms with Gasteiger partial charge in [0, 0.05) is 23.9 Å². The lowest BCUT2D eigenvalue weighted by molar-refractivity contribution is -0.0997. The molecule has 36 heavy (non-hydrogen) atoms. The Kier molecular flexibility index (Phi) is 5.06. The van der Waals surface area contributed by atoms with E-state index in [2.05, 4.69) is 43.1 Å². The molecular formula is C27H35N3O5S. The molecule has 8 nitrogen and oxygen atoms in total. The van der Waals surface area contributed by atoms with E-state index in [1.807, 2.05) is 12.1 Å². The fourth-order valence-corrected chi connectivity index (χ4v) is 10.5. The maximum Gasteiger partial charge on any atom is 0.328 e. The normalized spacial score (nSPS) is 32.4. The monoisotopic (exact) mass is 513 g/mol. The molecule has 3 N–H and O–H groups in total. The predicted molar refractivity (Wildman–Crippen MR) is 137 cm³/mol. The van der Waals surface area contributed by atoms with Crippen LogP contribution in [-0.4, -0.2) is 56.9 Å². The van der Waals surface area contributed by atoms with Gasteiger partial charge < -0.3 is 15.2 Å². The third-order valence-corrected chi connectivity index (χ3v) is 12.4. The Bertz CT molecular complexity index is 1400. The van der Waals surface area contributed by atoms with Crippen molar-refractivity contribution in [3.05, 3.63) is 58.1 Å². The van der Waals surface area contributed by atoms with E-state index in [0.717, 1.165) is 23.8 Å². The van der Waals surface area contributed by atoms with Crippen molar-refractivity contribution in [2.75, 3.05) is 18.8 Å². The van der Waals surface area contributed by atoms with Crippen molar-refractivity contribution in [2.45, 2.75) is 63.5 Å². The van der Waals surface area contributed by atoms with Gasteiger partial charge in [-0.3, -0.25) is 4.57 Å². The Balaban J connectivity index is 1.28. The number of fused-ring (bicyclic) bond motifs is 4. The third kappa shape index (κ3) is 3.12. The Morgan fingerprint density at radius 3 is 2.53 bits per heavy atom. The van der Waals surface area contributed by atoms with E-state index in [4.69, 9.17) is 0 Å². The van der Waals surface area contributed by atoms with Gasteiger partial charge in [-0.2, -0.15) is 0 Å². The molecule has 0 amide bonds. The number of rotatable bonds is 5. The van der Waals surface area contributed by atoms with Crippen molar-refractivity contribution < 1.29 is 18.6 Å². The molecule has 0 radical (unpaired) electrons. The van der Waals surface area contributed by atoms with Crippen LogP contribution in [0.3, 0.4) is 0 Å². The summed E-state index contributed by atoms with van der Waals surface area (Å²) in [6.07, 6.45) is 8.89.